The molecular weight excluding hydrogens is 414 g/mol. The first kappa shape index (κ1) is 20.7. The van der Waals surface area contributed by atoms with E-state index in [9.17, 15) is 13.2 Å². The minimum Gasteiger partial charge on any atom is -0.301 e. The summed E-state index contributed by atoms with van der Waals surface area (Å²) in [5, 5.41) is 6.72. The zero-order chi connectivity index (χ0) is 20.5. The maximum atomic E-state index is 12.4. The second-order valence-electron chi connectivity index (χ2n) is 6.55. The number of likely N-dealkylation sites (N-methyl/N-ethyl adjacent to an activating group) is 1. The van der Waals surface area contributed by atoms with Gasteiger partial charge in [-0.2, -0.15) is 4.31 Å². The molecule has 1 amide bonds. The smallest absolute Gasteiger partial charge is 0.252 e. The van der Waals surface area contributed by atoms with Crippen molar-refractivity contribution in [2.24, 2.45) is 0 Å². The molecule has 0 spiro atoms. The zero-order valence-corrected chi connectivity index (χ0v) is 18.5. The highest BCUT2D eigenvalue weighted by atomic mass is 32.2. The first-order valence-electron chi connectivity index (χ1n) is 8.52. The van der Waals surface area contributed by atoms with E-state index in [0.717, 1.165) is 38.0 Å². The van der Waals surface area contributed by atoms with Crippen LogP contribution in [0.5, 0.6) is 0 Å². The molecule has 1 N–H and O–H groups in total. The Balaban J connectivity index is 1.71. The summed E-state index contributed by atoms with van der Waals surface area (Å²) in [5.41, 5.74) is 5.30. The fraction of sp³-hybridized carbons (Fsp3) is 0.263. The number of carbonyl (C=O) groups is 1. The van der Waals surface area contributed by atoms with Crippen LogP contribution < -0.4 is 5.32 Å². The number of rotatable bonds is 6. The maximum absolute atomic E-state index is 12.4. The van der Waals surface area contributed by atoms with Gasteiger partial charge in [0.05, 0.1) is 12.2 Å². The summed E-state index contributed by atoms with van der Waals surface area (Å²) >= 11 is 2.44. The average Bonchev–Trinajstić information content (AvgIpc) is 3.26. The van der Waals surface area contributed by atoms with Gasteiger partial charge in [-0.25, -0.2) is 13.4 Å². The molecule has 3 rings (SSSR count). The summed E-state index contributed by atoms with van der Waals surface area (Å²) in [7, 11) is -2.27. The van der Waals surface area contributed by atoms with Gasteiger partial charge in [0, 0.05) is 18.0 Å². The Morgan fingerprint density at radius 2 is 1.86 bits per heavy atom. The van der Waals surface area contributed by atoms with Crippen molar-refractivity contribution >= 4 is 43.7 Å². The highest BCUT2D eigenvalue weighted by molar-refractivity contribution is 7.91. The predicted molar refractivity (Wildman–Crippen MR) is 115 cm³/mol. The van der Waals surface area contributed by atoms with Crippen molar-refractivity contribution in [3.8, 4) is 11.3 Å². The number of anilines is 1. The van der Waals surface area contributed by atoms with Crippen LogP contribution in [-0.2, 0) is 14.8 Å². The van der Waals surface area contributed by atoms with Crippen LogP contribution in [0.25, 0.3) is 11.3 Å². The minimum atomic E-state index is -3.66. The monoisotopic (exact) mass is 435 g/mol. The number of aryl methyl sites for hydroxylation is 3. The van der Waals surface area contributed by atoms with Crippen molar-refractivity contribution in [1.29, 1.82) is 0 Å². The van der Waals surface area contributed by atoms with Gasteiger partial charge in [0.25, 0.3) is 10.0 Å². The van der Waals surface area contributed by atoms with Gasteiger partial charge in [-0.3, -0.25) is 4.79 Å². The SMILES string of the molecule is Cc1cc(C)c(-c2csc(NC(=O)CN(C)S(=O)(=O)c3cccs3)n2)c(C)c1. The number of hydrogen-bond acceptors (Lipinski definition) is 6. The number of nitrogens with zero attached hydrogens (tertiary/aromatic N) is 2. The third-order valence-corrected chi connectivity index (χ3v) is 8.14. The quantitative estimate of drug-likeness (QED) is 0.633. The standard InChI is InChI=1S/C19H21N3O3S3/c1-12-8-13(2)18(14(3)9-12)15-11-27-19(20-15)21-16(23)10-22(4)28(24,25)17-6-5-7-26-17/h5-9,11H,10H2,1-4H3,(H,20,21,23). The highest BCUT2D eigenvalue weighted by Crippen LogP contribution is 2.31. The van der Waals surface area contributed by atoms with E-state index < -0.39 is 15.9 Å². The summed E-state index contributed by atoms with van der Waals surface area (Å²) < 4.78 is 26.1. The normalized spacial score (nSPS) is 11.8. The summed E-state index contributed by atoms with van der Waals surface area (Å²) in [6, 6.07) is 7.39. The molecule has 3 aromatic rings. The summed E-state index contributed by atoms with van der Waals surface area (Å²) in [6.07, 6.45) is 0. The lowest BCUT2D eigenvalue weighted by Crippen LogP contribution is -2.34. The molecule has 28 heavy (non-hydrogen) atoms. The number of carbonyl (C=O) groups excluding carboxylic acids is 1. The molecule has 0 atom stereocenters. The molecule has 2 heterocycles. The number of thiazole rings is 1. The van der Waals surface area contributed by atoms with Gasteiger partial charge in [-0.1, -0.05) is 23.8 Å². The van der Waals surface area contributed by atoms with E-state index in [1.54, 1.807) is 11.4 Å². The van der Waals surface area contributed by atoms with Crippen LogP contribution in [0.3, 0.4) is 0 Å². The van der Waals surface area contributed by atoms with Gasteiger partial charge < -0.3 is 5.32 Å². The topological polar surface area (TPSA) is 79.4 Å². The van der Waals surface area contributed by atoms with Crippen LogP contribution in [0.4, 0.5) is 5.13 Å². The van der Waals surface area contributed by atoms with E-state index in [1.807, 2.05) is 19.2 Å². The summed E-state index contributed by atoms with van der Waals surface area (Å²) in [4.78, 5) is 16.8. The predicted octanol–water partition coefficient (Wildman–Crippen LogP) is 4.06. The van der Waals surface area contributed by atoms with E-state index in [2.05, 4.69) is 29.4 Å². The van der Waals surface area contributed by atoms with E-state index in [1.165, 1.54) is 30.0 Å². The zero-order valence-electron chi connectivity index (χ0n) is 16.0. The average molecular weight is 436 g/mol. The van der Waals surface area contributed by atoms with Gasteiger partial charge in [0.15, 0.2) is 5.13 Å². The van der Waals surface area contributed by atoms with E-state index >= 15 is 0 Å². The number of hydrogen-bond donors (Lipinski definition) is 1. The van der Waals surface area contributed by atoms with Crippen LogP contribution in [0, 0.1) is 20.8 Å². The third kappa shape index (κ3) is 4.33. The van der Waals surface area contributed by atoms with Crippen molar-refractivity contribution in [1.82, 2.24) is 9.29 Å². The Kier molecular flexibility index (Phi) is 5.99. The number of aromatic nitrogens is 1. The number of sulfonamides is 1. The molecule has 1 aromatic carbocycles. The van der Waals surface area contributed by atoms with Crippen molar-refractivity contribution in [3.63, 3.8) is 0 Å². The fourth-order valence-corrected chi connectivity index (χ4v) is 6.09. The number of thiophene rings is 1. The fourth-order valence-electron chi connectivity index (χ4n) is 3.04. The summed E-state index contributed by atoms with van der Waals surface area (Å²) in [6.45, 7) is 5.85. The van der Waals surface area contributed by atoms with Crippen LogP contribution in [-0.4, -0.2) is 37.2 Å². The Morgan fingerprint density at radius 3 is 2.46 bits per heavy atom. The number of amides is 1. The number of nitrogens with one attached hydrogen (secondary N) is 1. The molecule has 0 saturated carbocycles. The Bertz CT molecular complexity index is 1080. The highest BCUT2D eigenvalue weighted by Gasteiger charge is 2.24. The third-order valence-electron chi connectivity index (χ3n) is 4.21. The second-order valence-corrected chi connectivity index (χ2v) is 10.6. The first-order valence-corrected chi connectivity index (χ1v) is 11.7. The van der Waals surface area contributed by atoms with E-state index in [4.69, 9.17) is 0 Å². The maximum Gasteiger partial charge on any atom is 0.252 e. The number of benzene rings is 1. The first-order chi connectivity index (χ1) is 13.2. The molecule has 0 saturated heterocycles. The Hall–Kier alpha value is -2.07. The van der Waals surface area contributed by atoms with Crippen molar-refractivity contribution < 1.29 is 13.2 Å². The molecule has 2 aromatic heterocycles. The minimum absolute atomic E-state index is 0.213. The molecule has 9 heteroatoms. The van der Waals surface area contributed by atoms with Crippen molar-refractivity contribution in [2.75, 3.05) is 18.9 Å². The Morgan fingerprint density at radius 1 is 1.18 bits per heavy atom. The molecule has 0 aliphatic heterocycles. The lowest BCUT2D eigenvalue weighted by molar-refractivity contribution is -0.116. The molecule has 6 nitrogen and oxygen atoms in total. The van der Waals surface area contributed by atoms with E-state index in [0.29, 0.717) is 5.13 Å². The van der Waals surface area contributed by atoms with Crippen molar-refractivity contribution in [2.45, 2.75) is 25.0 Å². The van der Waals surface area contributed by atoms with Crippen LogP contribution in [0.15, 0.2) is 39.2 Å². The molecule has 0 aliphatic carbocycles. The molecule has 0 aliphatic rings. The van der Waals surface area contributed by atoms with Crippen LogP contribution in [0.1, 0.15) is 16.7 Å². The molecular formula is C19H21N3O3S3. The molecule has 0 unspecified atom stereocenters. The van der Waals surface area contributed by atoms with Crippen LogP contribution >= 0.6 is 22.7 Å². The lowest BCUT2D eigenvalue weighted by Gasteiger charge is -2.15. The second kappa shape index (κ2) is 8.12. The van der Waals surface area contributed by atoms with Gasteiger partial charge in [0.1, 0.15) is 4.21 Å². The van der Waals surface area contributed by atoms with Crippen LogP contribution in [0.2, 0.25) is 0 Å². The Labute approximate surface area is 172 Å². The van der Waals surface area contributed by atoms with Gasteiger partial charge >= 0.3 is 0 Å². The molecule has 0 fully saturated rings. The van der Waals surface area contributed by atoms with Gasteiger partial charge in [-0.05, 0) is 43.3 Å². The summed E-state index contributed by atoms with van der Waals surface area (Å²) in [5.74, 6) is -0.430. The van der Waals surface area contributed by atoms with E-state index in [-0.39, 0.29) is 10.8 Å². The lowest BCUT2D eigenvalue weighted by atomic mass is 9.98. The van der Waals surface area contributed by atoms with Crippen molar-refractivity contribution in [3.05, 3.63) is 51.7 Å². The largest absolute Gasteiger partial charge is 0.301 e. The molecule has 0 radical (unpaired) electrons. The molecule has 148 valence electrons. The van der Waals surface area contributed by atoms with Gasteiger partial charge in [0.2, 0.25) is 5.91 Å². The van der Waals surface area contributed by atoms with Gasteiger partial charge in [-0.15, -0.1) is 22.7 Å². The molecule has 0 bridgehead atoms.